The number of carbonyl (C=O) groups excluding carboxylic acids is 3. The van der Waals surface area contributed by atoms with E-state index in [4.69, 9.17) is 20.3 Å². The van der Waals surface area contributed by atoms with E-state index in [0.29, 0.717) is 45.0 Å². The van der Waals surface area contributed by atoms with Crippen LogP contribution in [0.15, 0.2) is 78.9 Å². The molecule has 1 aliphatic rings. The lowest BCUT2D eigenvalue weighted by Crippen LogP contribution is -2.47. The van der Waals surface area contributed by atoms with Gasteiger partial charge in [0, 0.05) is 31.7 Å². The third kappa shape index (κ3) is 9.88. The minimum atomic E-state index is -1.19. The standard InChI is InChI=1S/C21H22N4O3.C11H14N2O4/c26-15-17-7-5-16(6-8-17)13-25(21(27)24-9-11-28-12-10-24)14-20-22-18-3-1-2-4-19(18)23-20;12-6-9(10(14)15)13-11(16)17-7-8-4-2-1-3-5-8/h1-8,15H,9-14H2,(H,22,23);1-5,9H,6-7,12H2,(H,13,16)(H,14,15)/t;9-/m.0/s1. The number of fused-ring (bicyclic) bond motifs is 1. The summed E-state index contributed by atoms with van der Waals surface area (Å²) in [7, 11) is 0. The summed E-state index contributed by atoms with van der Waals surface area (Å²) in [6.45, 7) is 2.99. The number of carbonyl (C=O) groups is 4. The molecule has 1 saturated heterocycles. The molecule has 0 spiro atoms. The Kier molecular flexibility index (Phi) is 12.0. The monoisotopic (exact) mass is 616 g/mol. The first kappa shape index (κ1) is 32.6. The van der Waals surface area contributed by atoms with Crippen molar-refractivity contribution in [3.8, 4) is 0 Å². The zero-order valence-electron chi connectivity index (χ0n) is 24.6. The van der Waals surface area contributed by atoms with Gasteiger partial charge in [0.1, 0.15) is 24.8 Å². The first-order valence-corrected chi connectivity index (χ1v) is 14.4. The van der Waals surface area contributed by atoms with Crippen LogP contribution in [0.1, 0.15) is 27.3 Å². The van der Waals surface area contributed by atoms with Gasteiger partial charge in [-0.25, -0.2) is 19.4 Å². The van der Waals surface area contributed by atoms with Gasteiger partial charge in [0.2, 0.25) is 0 Å². The van der Waals surface area contributed by atoms with Crippen molar-refractivity contribution in [3.05, 3.63) is 101 Å². The first-order chi connectivity index (χ1) is 21.9. The summed E-state index contributed by atoms with van der Waals surface area (Å²) < 4.78 is 10.2. The molecule has 1 atom stereocenters. The smallest absolute Gasteiger partial charge is 0.408 e. The van der Waals surface area contributed by atoms with Gasteiger partial charge < -0.3 is 40.4 Å². The second-order valence-electron chi connectivity index (χ2n) is 10.1. The van der Waals surface area contributed by atoms with Crippen molar-refractivity contribution < 1.29 is 33.8 Å². The van der Waals surface area contributed by atoms with E-state index in [1.807, 2.05) is 59.5 Å². The molecule has 0 bridgehead atoms. The van der Waals surface area contributed by atoms with Gasteiger partial charge in [-0.05, 0) is 23.3 Å². The number of aromatic nitrogens is 2. The Morgan fingerprint density at radius 1 is 1.00 bits per heavy atom. The average molecular weight is 617 g/mol. The van der Waals surface area contributed by atoms with Gasteiger partial charge in [0.15, 0.2) is 0 Å². The third-order valence-corrected chi connectivity index (χ3v) is 6.86. The number of aliphatic carboxylic acids is 1. The maximum Gasteiger partial charge on any atom is 0.408 e. The number of rotatable bonds is 10. The van der Waals surface area contributed by atoms with Crippen LogP contribution in [0.3, 0.4) is 0 Å². The molecule has 2 heterocycles. The Morgan fingerprint density at radius 2 is 1.69 bits per heavy atom. The van der Waals surface area contributed by atoms with Crippen molar-refractivity contribution in [2.24, 2.45) is 5.73 Å². The summed E-state index contributed by atoms with van der Waals surface area (Å²) >= 11 is 0. The molecule has 3 aromatic carbocycles. The lowest BCUT2D eigenvalue weighted by Gasteiger charge is -2.32. The Balaban J connectivity index is 0.000000233. The summed E-state index contributed by atoms with van der Waals surface area (Å²) in [5.41, 5.74) is 9.41. The number of benzene rings is 3. The molecule has 5 N–H and O–H groups in total. The quantitative estimate of drug-likeness (QED) is 0.195. The number of alkyl carbamates (subject to hydrolysis) is 1. The number of imidazole rings is 1. The van der Waals surface area contributed by atoms with Crippen molar-refractivity contribution >= 4 is 35.4 Å². The number of nitrogens with zero attached hydrogens (tertiary/aromatic N) is 3. The Morgan fingerprint density at radius 3 is 2.33 bits per heavy atom. The summed E-state index contributed by atoms with van der Waals surface area (Å²) in [5, 5.41) is 10.8. The maximum absolute atomic E-state index is 13.1. The Bertz CT molecular complexity index is 1520. The van der Waals surface area contributed by atoms with Crippen molar-refractivity contribution in [3.63, 3.8) is 0 Å². The zero-order chi connectivity index (χ0) is 32.0. The van der Waals surface area contributed by atoms with Crippen LogP contribution in [0.5, 0.6) is 0 Å². The van der Waals surface area contributed by atoms with E-state index in [0.717, 1.165) is 34.3 Å². The van der Waals surface area contributed by atoms with E-state index in [2.05, 4.69) is 15.3 Å². The fourth-order valence-corrected chi connectivity index (χ4v) is 4.46. The van der Waals surface area contributed by atoms with Gasteiger partial charge in [0.25, 0.3) is 0 Å². The number of aldehydes is 1. The predicted octanol–water partition coefficient (Wildman–Crippen LogP) is 3.15. The van der Waals surface area contributed by atoms with E-state index < -0.39 is 18.1 Å². The second kappa shape index (κ2) is 16.5. The largest absolute Gasteiger partial charge is 0.480 e. The van der Waals surface area contributed by atoms with Crippen LogP contribution in [-0.2, 0) is 34.0 Å². The first-order valence-electron chi connectivity index (χ1n) is 14.4. The van der Waals surface area contributed by atoms with Crippen LogP contribution in [-0.4, -0.2) is 88.1 Å². The maximum atomic E-state index is 13.1. The van der Waals surface area contributed by atoms with E-state index in [9.17, 15) is 19.2 Å². The molecule has 45 heavy (non-hydrogen) atoms. The molecular weight excluding hydrogens is 580 g/mol. The number of carboxylic acid groups (broad SMARTS) is 1. The van der Waals surface area contributed by atoms with Gasteiger partial charge in [-0.3, -0.25) is 4.79 Å². The Hall–Kier alpha value is -5.27. The summed E-state index contributed by atoms with van der Waals surface area (Å²) in [6.07, 6.45) is 0.0150. The number of aromatic amines is 1. The number of H-pyrrole nitrogens is 1. The highest BCUT2D eigenvalue weighted by Crippen LogP contribution is 2.16. The number of nitrogens with one attached hydrogen (secondary N) is 2. The van der Waals surface area contributed by atoms with Gasteiger partial charge in [-0.15, -0.1) is 0 Å². The molecule has 0 saturated carbocycles. The van der Waals surface area contributed by atoms with Crippen molar-refractivity contribution in [1.82, 2.24) is 25.1 Å². The topological polar surface area (TPSA) is 180 Å². The number of amides is 3. The van der Waals surface area contributed by atoms with Crippen LogP contribution in [0.4, 0.5) is 9.59 Å². The molecule has 236 valence electrons. The lowest BCUT2D eigenvalue weighted by atomic mass is 10.1. The normalized spacial score (nSPS) is 13.2. The van der Waals surface area contributed by atoms with Gasteiger partial charge in [0.05, 0.1) is 30.8 Å². The minimum Gasteiger partial charge on any atom is -0.480 e. The molecule has 3 amide bonds. The van der Waals surface area contributed by atoms with Crippen LogP contribution >= 0.6 is 0 Å². The predicted molar refractivity (Wildman–Crippen MR) is 165 cm³/mol. The molecule has 1 aliphatic heterocycles. The van der Waals surface area contributed by atoms with E-state index >= 15 is 0 Å². The zero-order valence-corrected chi connectivity index (χ0v) is 24.6. The molecule has 0 unspecified atom stereocenters. The highest BCUT2D eigenvalue weighted by molar-refractivity contribution is 5.80. The van der Waals surface area contributed by atoms with Crippen LogP contribution in [0.25, 0.3) is 11.0 Å². The Labute approximate surface area is 259 Å². The molecule has 0 radical (unpaired) electrons. The highest BCUT2D eigenvalue weighted by Gasteiger charge is 2.24. The second-order valence-corrected chi connectivity index (χ2v) is 10.1. The van der Waals surface area contributed by atoms with Crippen molar-refractivity contribution in [2.75, 3.05) is 32.8 Å². The number of urea groups is 1. The lowest BCUT2D eigenvalue weighted by molar-refractivity contribution is -0.139. The molecule has 4 aromatic rings. The number of nitrogens with two attached hydrogens (primary N) is 1. The number of hydrogen-bond acceptors (Lipinski definition) is 8. The number of morpholine rings is 1. The summed E-state index contributed by atoms with van der Waals surface area (Å²) in [6, 6.07) is 23.0. The molecule has 13 nitrogen and oxygen atoms in total. The molecule has 1 aromatic heterocycles. The summed E-state index contributed by atoms with van der Waals surface area (Å²) in [5.74, 6) is -0.448. The molecule has 0 aliphatic carbocycles. The van der Waals surface area contributed by atoms with Gasteiger partial charge >= 0.3 is 18.1 Å². The fraction of sp³-hybridized carbons (Fsp3) is 0.281. The van der Waals surface area contributed by atoms with E-state index in [1.165, 1.54) is 0 Å². The van der Waals surface area contributed by atoms with Crippen LogP contribution < -0.4 is 11.1 Å². The van der Waals surface area contributed by atoms with E-state index in [1.54, 1.807) is 29.2 Å². The molecule has 13 heteroatoms. The van der Waals surface area contributed by atoms with Crippen LogP contribution in [0, 0.1) is 0 Å². The SMILES string of the molecule is NC[C@H](NC(=O)OCc1ccccc1)C(=O)O.O=Cc1ccc(CN(Cc2nc3ccccc3[nH]2)C(=O)N2CCOCC2)cc1. The summed E-state index contributed by atoms with van der Waals surface area (Å²) in [4.78, 5) is 57.3. The van der Waals surface area contributed by atoms with Crippen molar-refractivity contribution in [2.45, 2.75) is 25.7 Å². The van der Waals surface area contributed by atoms with Crippen molar-refractivity contribution in [1.29, 1.82) is 0 Å². The number of hydrogen-bond donors (Lipinski definition) is 4. The van der Waals surface area contributed by atoms with Crippen LogP contribution in [0.2, 0.25) is 0 Å². The highest BCUT2D eigenvalue weighted by atomic mass is 16.5. The van der Waals surface area contributed by atoms with Gasteiger partial charge in [-0.2, -0.15) is 0 Å². The third-order valence-electron chi connectivity index (χ3n) is 6.86. The van der Waals surface area contributed by atoms with E-state index in [-0.39, 0.29) is 19.2 Å². The van der Waals surface area contributed by atoms with Gasteiger partial charge in [-0.1, -0.05) is 66.7 Å². The fourth-order valence-electron chi connectivity index (χ4n) is 4.46. The number of para-hydroxylation sites is 2. The molecule has 1 fully saturated rings. The minimum absolute atomic E-state index is 0.0387. The molecule has 5 rings (SSSR count). The average Bonchev–Trinajstić information content (AvgIpc) is 3.49. The number of carboxylic acids is 1. The molecular formula is C32H36N6O7. The number of ether oxygens (including phenoxy) is 2.